The first kappa shape index (κ1) is 22.8. The van der Waals surface area contributed by atoms with E-state index >= 15 is 0 Å². The fourth-order valence-electron chi connectivity index (χ4n) is 3.56. The number of sulfone groups is 1. The largest absolute Gasteiger partial charge is 0.483 e. The molecule has 0 atom stereocenters. The smallest absolute Gasteiger partial charge is 0.422 e. The Balaban J connectivity index is 1.60. The summed E-state index contributed by atoms with van der Waals surface area (Å²) in [5.41, 5.74) is 3.13. The Morgan fingerprint density at radius 2 is 1.91 bits per heavy atom. The zero-order valence-electron chi connectivity index (χ0n) is 17.8. The predicted octanol–water partition coefficient (Wildman–Crippen LogP) is 3.68. The lowest BCUT2D eigenvalue weighted by Gasteiger charge is -2.19. The summed E-state index contributed by atoms with van der Waals surface area (Å²) in [5.74, 6) is -0.975. The van der Waals surface area contributed by atoms with E-state index in [9.17, 15) is 26.4 Å². The first-order valence-corrected chi connectivity index (χ1v) is 11.8. The van der Waals surface area contributed by atoms with Crippen molar-refractivity contribution in [1.29, 1.82) is 0 Å². The predicted molar refractivity (Wildman–Crippen MR) is 113 cm³/mol. The van der Waals surface area contributed by atoms with Crippen molar-refractivity contribution in [3.05, 3.63) is 71.0 Å². The molecule has 0 saturated heterocycles. The molecule has 2 aromatic carbocycles. The molecular formula is C22H20F3N3O4S. The molecule has 0 N–H and O–H groups in total. The summed E-state index contributed by atoms with van der Waals surface area (Å²) in [7, 11) is -3.69. The maximum atomic E-state index is 13.2. The SMILES string of the molecule is Cc1cccc(-n2cc3c(n2)CN(C(=O)c2cc(S(C)(=O)=O)ccc2OCC(F)(F)F)C3)c1. The summed E-state index contributed by atoms with van der Waals surface area (Å²) >= 11 is 0. The van der Waals surface area contributed by atoms with Gasteiger partial charge in [0.25, 0.3) is 5.91 Å². The Kier molecular flexibility index (Phi) is 5.69. The second-order valence-electron chi connectivity index (χ2n) is 7.88. The van der Waals surface area contributed by atoms with Crippen LogP contribution in [0.1, 0.15) is 27.2 Å². The van der Waals surface area contributed by atoms with Gasteiger partial charge in [0.05, 0.1) is 28.4 Å². The number of carbonyl (C=O) groups is 1. The Morgan fingerprint density at radius 3 is 2.55 bits per heavy atom. The number of aromatic nitrogens is 2. The summed E-state index contributed by atoms with van der Waals surface area (Å²) in [5, 5.41) is 4.52. The van der Waals surface area contributed by atoms with Crippen molar-refractivity contribution in [3.63, 3.8) is 0 Å². The summed E-state index contributed by atoms with van der Waals surface area (Å²) < 4.78 is 68.4. The molecule has 3 aromatic rings. The molecule has 174 valence electrons. The van der Waals surface area contributed by atoms with Crippen LogP contribution >= 0.6 is 0 Å². The van der Waals surface area contributed by atoms with Crippen LogP contribution in [0.3, 0.4) is 0 Å². The van der Waals surface area contributed by atoms with Crippen LogP contribution in [0.4, 0.5) is 13.2 Å². The summed E-state index contributed by atoms with van der Waals surface area (Å²) in [6.07, 6.45) is -1.86. The van der Waals surface area contributed by atoms with Crippen molar-refractivity contribution in [2.45, 2.75) is 31.1 Å². The van der Waals surface area contributed by atoms with Gasteiger partial charge < -0.3 is 9.64 Å². The van der Waals surface area contributed by atoms with Crippen LogP contribution in [0.5, 0.6) is 5.75 Å². The number of hydrogen-bond acceptors (Lipinski definition) is 5. The van der Waals surface area contributed by atoms with Gasteiger partial charge in [0.2, 0.25) is 0 Å². The molecule has 1 amide bonds. The van der Waals surface area contributed by atoms with E-state index in [1.807, 2.05) is 31.2 Å². The molecule has 2 heterocycles. The van der Waals surface area contributed by atoms with Crippen LogP contribution in [0.2, 0.25) is 0 Å². The maximum absolute atomic E-state index is 13.2. The van der Waals surface area contributed by atoms with E-state index in [0.717, 1.165) is 41.3 Å². The summed E-state index contributed by atoms with van der Waals surface area (Å²) in [6.45, 7) is 0.676. The highest BCUT2D eigenvalue weighted by atomic mass is 32.2. The third kappa shape index (κ3) is 5.03. The molecule has 0 fully saturated rings. The number of hydrogen-bond donors (Lipinski definition) is 0. The van der Waals surface area contributed by atoms with Gasteiger partial charge in [-0.2, -0.15) is 18.3 Å². The number of aryl methyl sites for hydroxylation is 1. The number of benzene rings is 2. The van der Waals surface area contributed by atoms with Crippen LogP contribution in [0, 0.1) is 6.92 Å². The molecular weight excluding hydrogens is 459 g/mol. The Bertz CT molecular complexity index is 1310. The normalized spacial score (nSPS) is 13.8. The molecule has 33 heavy (non-hydrogen) atoms. The monoisotopic (exact) mass is 479 g/mol. The number of rotatable bonds is 5. The van der Waals surface area contributed by atoms with Gasteiger partial charge in [-0.3, -0.25) is 4.79 Å². The van der Waals surface area contributed by atoms with E-state index < -0.39 is 28.5 Å². The van der Waals surface area contributed by atoms with Gasteiger partial charge in [0, 0.05) is 24.6 Å². The van der Waals surface area contributed by atoms with Gasteiger partial charge in [0.1, 0.15) is 5.75 Å². The Labute approximate surface area is 188 Å². The molecule has 1 aliphatic rings. The maximum Gasteiger partial charge on any atom is 0.422 e. The van der Waals surface area contributed by atoms with Crippen molar-refractivity contribution < 1.29 is 31.1 Å². The highest BCUT2D eigenvalue weighted by Gasteiger charge is 2.32. The number of fused-ring (bicyclic) bond motifs is 1. The quantitative estimate of drug-likeness (QED) is 0.558. The average Bonchev–Trinajstić information content (AvgIpc) is 3.30. The molecule has 0 aliphatic carbocycles. The van der Waals surface area contributed by atoms with Crippen LogP contribution in [0.15, 0.2) is 53.6 Å². The minimum atomic E-state index is -4.61. The van der Waals surface area contributed by atoms with Gasteiger partial charge in [-0.25, -0.2) is 13.1 Å². The third-order valence-corrected chi connectivity index (χ3v) is 6.24. The minimum absolute atomic E-state index is 0.134. The molecule has 0 spiro atoms. The lowest BCUT2D eigenvalue weighted by Crippen LogP contribution is -2.27. The zero-order valence-corrected chi connectivity index (χ0v) is 18.6. The van der Waals surface area contributed by atoms with Gasteiger partial charge >= 0.3 is 6.18 Å². The Hall–Kier alpha value is -3.34. The van der Waals surface area contributed by atoms with Crippen LogP contribution in [-0.4, -0.2) is 48.0 Å². The molecule has 0 unspecified atom stereocenters. The number of amides is 1. The molecule has 0 saturated carbocycles. The van der Waals surface area contributed by atoms with Crippen LogP contribution < -0.4 is 4.74 Å². The molecule has 1 aromatic heterocycles. The lowest BCUT2D eigenvalue weighted by atomic mass is 10.1. The van der Waals surface area contributed by atoms with Gasteiger partial charge in [0.15, 0.2) is 16.4 Å². The number of nitrogens with zero attached hydrogens (tertiary/aromatic N) is 3. The zero-order chi connectivity index (χ0) is 24.0. The van der Waals surface area contributed by atoms with Crippen molar-refractivity contribution >= 4 is 15.7 Å². The fourth-order valence-corrected chi connectivity index (χ4v) is 4.21. The highest BCUT2D eigenvalue weighted by Crippen LogP contribution is 2.30. The van der Waals surface area contributed by atoms with Crippen molar-refractivity contribution in [1.82, 2.24) is 14.7 Å². The molecule has 0 bridgehead atoms. The summed E-state index contributed by atoms with van der Waals surface area (Å²) in [4.78, 5) is 14.4. The van der Waals surface area contributed by atoms with E-state index in [4.69, 9.17) is 4.74 Å². The van der Waals surface area contributed by atoms with Gasteiger partial charge in [-0.15, -0.1) is 0 Å². The van der Waals surface area contributed by atoms with E-state index in [1.54, 1.807) is 10.9 Å². The van der Waals surface area contributed by atoms with Crippen molar-refractivity contribution in [3.8, 4) is 11.4 Å². The number of halogens is 3. The molecule has 11 heteroatoms. The van der Waals surface area contributed by atoms with Gasteiger partial charge in [-0.1, -0.05) is 12.1 Å². The lowest BCUT2D eigenvalue weighted by molar-refractivity contribution is -0.153. The summed E-state index contributed by atoms with van der Waals surface area (Å²) in [6, 6.07) is 11.0. The number of carbonyl (C=O) groups excluding carboxylic acids is 1. The molecule has 0 radical (unpaired) electrons. The second-order valence-corrected chi connectivity index (χ2v) is 9.90. The van der Waals surface area contributed by atoms with Crippen LogP contribution in [-0.2, 0) is 22.9 Å². The average molecular weight is 479 g/mol. The minimum Gasteiger partial charge on any atom is -0.483 e. The molecule has 4 rings (SSSR count). The van der Waals surface area contributed by atoms with E-state index in [2.05, 4.69) is 5.10 Å². The molecule has 7 nitrogen and oxygen atoms in total. The fraction of sp³-hybridized carbons (Fsp3) is 0.273. The highest BCUT2D eigenvalue weighted by molar-refractivity contribution is 7.90. The van der Waals surface area contributed by atoms with Gasteiger partial charge in [-0.05, 0) is 42.8 Å². The molecule has 1 aliphatic heterocycles. The second kappa shape index (κ2) is 8.22. The third-order valence-electron chi connectivity index (χ3n) is 5.13. The topological polar surface area (TPSA) is 81.5 Å². The number of alkyl halides is 3. The van der Waals surface area contributed by atoms with E-state index in [0.29, 0.717) is 5.69 Å². The first-order chi connectivity index (χ1) is 15.4. The van der Waals surface area contributed by atoms with Crippen molar-refractivity contribution in [2.24, 2.45) is 0 Å². The van der Waals surface area contributed by atoms with E-state index in [1.165, 1.54) is 4.90 Å². The van der Waals surface area contributed by atoms with E-state index in [-0.39, 0.29) is 29.3 Å². The van der Waals surface area contributed by atoms with Crippen molar-refractivity contribution in [2.75, 3.05) is 12.9 Å². The standard InChI is InChI=1S/C22H20F3N3O4S/c1-14-4-3-5-16(8-14)28-11-15-10-27(12-19(15)26-28)21(29)18-9-17(33(2,30)31)6-7-20(18)32-13-22(23,24)25/h3-9,11H,10,12-13H2,1-2H3. The first-order valence-electron chi connectivity index (χ1n) is 9.88. The van der Waals surface area contributed by atoms with Crippen LogP contribution in [0.25, 0.3) is 5.69 Å². The number of ether oxygens (including phenoxy) is 1. The Morgan fingerprint density at radius 1 is 1.15 bits per heavy atom.